The second-order valence-corrected chi connectivity index (χ2v) is 5.63. The Labute approximate surface area is 131 Å². The molecule has 2 aromatic carbocycles. The van der Waals surface area contributed by atoms with Gasteiger partial charge in [0.25, 0.3) is 0 Å². The summed E-state index contributed by atoms with van der Waals surface area (Å²) in [6, 6.07) is 11.4. The molecule has 0 amide bonds. The first-order chi connectivity index (χ1) is 10.5. The maximum atomic E-state index is 12.9. The maximum Gasteiger partial charge on any atom is 0.421 e. The van der Waals surface area contributed by atoms with Crippen molar-refractivity contribution in [1.29, 1.82) is 0 Å². The lowest BCUT2D eigenvalue weighted by molar-refractivity contribution is 0.253. The summed E-state index contributed by atoms with van der Waals surface area (Å²) in [7, 11) is 1.88. The van der Waals surface area contributed by atoms with Gasteiger partial charge >= 0.3 is 5.76 Å². The molecule has 1 heterocycles. The van der Waals surface area contributed by atoms with Gasteiger partial charge in [-0.25, -0.2) is 9.18 Å². The van der Waals surface area contributed by atoms with Gasteiger partial charge in [0.15, 0.2) is 5.58 Å². The average molecular weight is 321 g/mol. The van der Waals surface area contributed by atoms with Crippen LogP contribution in [0.3, 0.4) is 0 Å². The topological polar surface area (TPSA) is 38.4 Å². The van der Waals surface area contributed by atoms with Crippen molar-refractivity contribution in [3.05, 3.63) is 69.4 Å². The number of nitrogens with zero attached hydrogens (tertiary/aromatic N) is 2. The van der Waals surface area contributed by atoms with Crippen molar-refractivity contribution in [3.63, 3.8) is 0 Å². The summed E-state index contributed by atoms with van der Waals surface area (Å²) in [5.41, 5.74) is 2.13. The lowest BCUT2D eigenvalue weighted by Gasteiger charge is -2.17. The normalized spacial score (nSPS) is 11.5. The second kappa shape index (κ2) is 5.94. The Balaban J connectivity index is 1.82. The Kier molecular flexibility index (Phi) is 4.00. The van der Waals surface area contributed by atoms with Crippen LogP contribution in [0, 0.1) is 5.82 Å². The predicted octanol–water partition coefficient (Wildman–Crippen LogP) is 3.48. The number of aromatic nitrogens is 1. The third-order valence-electron chi connectivity index (χ3n) is 3.38. The molecule has 114 valence electrons. The summed E-state index contributed by atoms with van der Waals surface area (Å²) in [5, 5.41) is 0.521. The van der Waals surface area contributed by atoms with Crippen LogP contribution in [0.2, 0.25) is 5.02 Å². The van der Waals surface area contributed by atoms with Crippen LogP contribution < -0.4 is 5.76 Å². The minimum absolute atomic E-state index is 0.264. The van der Waals surface area contributed by atoms with Gasteiger partial charge in [0, 0.05) is 17.6 Å². The molecule has 22 heavy (non-hydrogen) atoms. The molecular formula is C16H14ClFN2O2. The molecule has 4 nitrogen and oxygen atoms in total. The minimum atomic E-state index is -0.428. The summed E-state index contributed by atoms with van der Waals surface area (Å²) in [5.74, 6) is -0.691. The SMILES string of the molecule is CN(Cc1ccc(F)cc1)Cn1c(=O)oc2cc(Cl)ccc21. The van der Waals surface area contributed by atoms with Gasteiger partial charge in [-0.05, 0) is 36.9 Å². The van der Waals surface area contributed by atoms with E-state index in [-0.39, 0.29) is 5.82 Å². The highest BCUT2D eigenvalue weighted by molar-refractivity contribution is 6.31. The van der Waals surface area contributed by atoms with E-state index in [1.54, 1.807) is 30.3 Å². The molecular weight excluding hydrogens is 307 g/mol. The van der Waals surface area contributed by atoms with E-state index >= 15 is 0 Å². The van der Waals surface area contributed by atoms with Gasteiger partial charge in [0.1, 0.15) is 5.82 Å². The van der Waals surface area contributed by atoms with Crippen LogP contribution in [-0.2, 0) is 13.2 Å². The predicted molar refractivity (Wildman–Crippen MR) is 83.4 cm³/mol. The lowest BCUT2D eigenvalue weighted by atomic mass is 10.2. The largest absolute Gasteiger partial charge is 0.421 e. The van der Waals surface area contributed by atoms with Crippen molar-refractivity contribution in [2.24, 2.45) is 0 Å². The van der Waals surface area contributed by atoms with Crippen molar-refractivity contribution in [3.8, 4) is 0 Å². The molecule has 0 fully saturated rings. The molecule has 6 heteroatoms. The van der Waals surface area contributed by atoms with E-state index in [0.717, 1.165) is 5.56 Å². The number of halogens is 2. The van der Waals surface area contributed by atoms with Gasteiger partial charge in [-0.3, -0.25) is 9.47 Å². The standard InChI is InChI=1S/C16H14ClFN2O2/c1-19(9-11-2-5-13(18)6-3-11)10-20-14-7-4-12(17)8-15(14)22-16(20)21/h2-8H,9-10H2,1H3. The van der Waals surface area contributed by atoms with Crippen LogP contribution in [0.15, 0.2) is 51.7 Å². The number of hydrogen-bond donors (Lipinski definition) is 0. The fourth-order valence-electron chi connectivity index (χ4n) is 2.37. The Morgan fingerprint density at radius 2 is 1.95 bits per heavy atom. The van der Waals surface area contributed by atoms with Gasteiger partial charge in [-0.1, -0.05) is 23.7 Å². The van der Waals surface area contributed by atoms with Crippen LogP contribution >= 0.6 is 11.6 Å². The van der Waals surface area contributed by atoms with Gasteiger partial charge in [0.2, 0.25) is 0 Å². The van der Waals surface area contributed by atoms with Gasteiger partial charge < -0.3 is 4.42 Å². The second-order valence-electron chi connectivity index (χ2n) is 5.19. The molecule has 0 aliphatic carbocycles. The molecule has 0 saturated heterocycles. The summed E-state index contributed by atoms with van der Waals surface area (Å²) < 4.78 is 19.6. The van der Waals surface area contributed by atoms with E-state index in [2.05, 4.69) is 0 Å². The third kappa shape index (κ3) is 3.05. The molecule has 3 rings (SSSR count). The fourth-order valence-corrected chi connectivity index (χ4v) is 2.53. The van der Waals surface area contributed by atoms with Crippen molar-refractivity contribution < 1.29 is 8.81 Å². The van der Waals surface area contributed by atoms with E-state index in [9.17, 15) is 9.18 Å². The number of rotatable bonds is 4. The Morgan fingerprint density at radius 1 is 1.23 bits per heavy atom. The molecule has 1 aromatic heterocycles. The van der Waals surface area contributed by atoms with E-state index in [1.807, 2.05) is 11.9 Å². The van der Waals surface area contributed by atoms with Crippen molar-refractivity contribution in [2.45, 2.75) is 13.2 Å². The van der Waals surface area contributed by atoms with Crippen LogP contribution in [0.1, 0.15) is 5.56 Å². The quantitative estimate of drug-likeness (QED) is 0.738. The Bertz CT molecular complexity index is 855. The first-order valence-electron chi connectivity index (χ1n) is 6.75. The van der Waals surface area contributed by atoms with Crippen LogP contribution in [0.25, 0.3) is 11.1 Å². The van der Waals surface area contributed by atoms with Crippen LogP contribution in [0.4, 0.5) is 4.39 Å². The summed E-state index contributed by atoms with van der Waals surface area (Å²) >= 11 is 5.89. The number of hydrogen-bond acceptors (Lipinski definition) is 3. The number of fused-ring (bicyclic) bond motifs is 1. The summed E-state index contributed by atoms with van der Waals surface area (Å²) in [4.78, 5) is 13.9. The summed E-state index contributed by atoms with van der Waals surface area (Å²) in [6.45, 7) is 0.956. The van der Waals surface area contributed by atoms with Gasteiger partial charge in [0.05, 0.1) is 12.2 Å². The highest BCUT2D eigenvalue weighted by Crippen LogP contribution is 2.18. The summed E-state index contributed by atoms with van der Waals surface area (Å²) in [6.07, 6.45) is 0. The van der Waals surface area contributed by atoms with E-state index in [4.69, 9.17) is 16.0 Å². The zero-order valence-electron chi connectivity index (χ0n) is 11.9. The molecule has 0 aliphatic heterocycles. The molecule has 0 saturated carbocycles. The Hall–Kier alpha value is -2.11. The van der Waals surface area contributed by atoms with Crippen molar-refractivity contribution in [2.75, 3.05) is 7.05 Å². The highest BCUT2D eigenvalue weighted by Gasteiger charge is 2.11. The van der Waals surface area contributed by atoms with Gasteiger partial charge in [-0.2, -0.15) is 0 Å². The fraction of sp³-hybridized carbons (Fsp3) is 0.188. The van der Waals surface area contributed by atoms with Gasteiger partial charge in [-0.15, -0.1) is 0 Å². The molecule has 0 N–H and O–H groups in total. The van der Waals surface area contributed by atoms with Crippen molar-refractivity contribution >= 4 is 22.7 Å². The smallest absolute Gasteiger partial charge is 0.408 e. The molecule has 0 unspecified atom stereocenters. The monoisotopic (exact) mass is 320 g/mol. The van der Waals surface area contributed by atoms with E-state index in [0.29, 0.717) is 29.3 Å². The van der Waals surface area contributed by atoms with E-state index in [1.165, 1.54) is 16.7 Å². The molecule has 0 radical (unpaired) electrons. The molecule has 0 aliphatic rings. The Morgan fingerprint density at radius 3 is 2.68 bits per heavy atom. The number of benzene rings is 2. The van der Waals surface area contributed by atoms with Crippen molar-refractivity contribution in [1.82, 2.24) is 9.47 Å². The molecule has 3 aromatic rings. The maximum absolute atomic E-state index is 12.9. The number of oxazole rings is 1. The first kappa shape index (κ1) is 14.8. The first-order valence-corrected chi connectivity index (χ1v) is 7.12. The van der Waals surface area contributed by atoms with Crippen LogP contribution in [-0.4, -0.2) is 16.5 Å². The molecule has 0 bridgehead atoms. The third-order valence-corrected chi connectivity index (χ3v) is 3.61. The molecule has 0 spiro atoms. The molecule has 0 atom stereocenters. The lowest BCUT2D eigenvalue weighted by Crippen LogP contribution is -2.27. The van der Waals surface area contributed by atoms with Crippen LogP contribution in [0.5, 0.6) is 0 Å². The minimum Gasteiger partial charge on any atom is -0.408 e. The zero-order valence-corrected chi connectivity index (χ0v) is 12.7. The average Bonchev–Trinajstić information content (AvgIpc) is 2.77. The van der Waals surface area contributed by atoms with E-state index < -0.39 is 5.76 Å². The highest BCUT2D eigenvalue weighted by atomic mass is 35.5. The zero-order chi connectivity index (χ0) is 15.7.